The molecule has 1 unspecified atom stereocenters. The summed E-state index contributed by atoms with van der Waals surface area (Å²) in [4.78, 5) is 0. The van der Waals surface area contributed by atoms with Crippen LogP contribution in [-0.4, -0.2) is 32.2 Å². The van der Waals surface area contributed by atoms with Crippen LogP contribution >= 0.6 is 0 Å². The molecule has 106 valence electrons. The van der Waals surface area contributed by atoms with Gasteiger partial charge in [0.25, 0.3) is 0 Å². The highest BCUT2D eigenvalue weighted by Crippen LogP contribution is 2.24. The maximum absolute atomic E-state index is 5.71. The van der Waals surface area contributed by atoms with Gasteiger partial charge in [-0.3, -0.25) is 0 Å². The van der Waals surface area contributed by atoms with E-state index in [0.717, 1.165) is 17.7 Å². The normalized spacial score (nSPS) is 21.5. The summed E-state index contributed by atoms with van der Waals surface area (Å²) in [5, 5.41) is 0. The average molecular weight is 266 g/mol. The Bertz CT molecular complexity index is 386. The molecule has 0 aliphatic carbocycles. The molecule has 0 N–H and O–H groups in total. The lowest BCUT2D eigenvalue weighted by atomic mass is 10.2. The Morgan fingerprint density at radius 3 is 2.58 bits per heavy atom. The number of methoxy groups -OCH3 is 1. The van der Waals surface area contributed by atoms with Crippen molar-refractivity contribution in [3.63, 3.8) is 0 Å². The summed E-state index contributed by atoms with van der Waals surface area (Å²) in [6, 6.07) is 7.90. The summed E-state index contributed by atoms with van der Waals surface area (Å²) < 4.78 is 22.0. The first-order valence-electron chi connectivity index (χ1n) is 6.61. The Balaban J connectivity index is 1.64. The number of benzene rings is 1. The van der Waals surface area contributed by atoms with Crippen molar-refractivity contribution in [2.75, 3.05) is 20.3 Å². The van der Waals surface area contributed by atoms with Crippen LogP contribution in [-0.2, 0) is 20.8 Å². The Labute approximate surface area is 114 Å². The fraction of sp³-hybridized carbons (Fsp3) is 0.600. The molecule has 1 aromatic carbocycles. The van der Waals surface area contributed by atoms with E-state index in [9.17, 15) is 0 Å². The Morgan fingerprint density at radius 2 is 2.00 bits per heavy atom. The van der Waals surface area contributed by atoms with Gasteiger partial charge in [0.05, 0.1) is 26.4 Å². The third-order valence-corrected chi connectivity index (χ3v) is 3.08. The first-order chi connectivity index (χ1) is 9.09. The van der Waals surface area contributed by atoms with Crippen molar-refractivity contribution in [1.82, 2.24) is 0 Å². The Hall–Kier alpha value is -1.10. The minimum atomic E-state index is -0.444. The van der Waals surface area contributed by atoms with Crippen LogP contribution < -0.4 is 4.74 Å². The third-order valence-electron chi connectivity index (χ3n) is 3.08. The van der Waals surface area contributed by atoms with E-state index < -0.39 is 5.79 Å². The van der Waals surface area contributed by atoms with Crippen LogP contribution in [0.4, 0.5) is 0 Å². The molecule has 0 saturated carbocycles. The predicted octanol–water partition coefficient (Wildman–Crippen LogP) is 2.75. The quantitative estimate of drug-likeness (QED) is 0.742. The van der Waals surface area contributed by atoms with Crippen LogP contribution in [0.1, 0.15) is 25.8 Å². The standard InChI is InChI=1S/C15H22O4/c1-15(2)18-11-14(19-15)8-9-17-10-12-4-6-13(16-3)7-5-12/h4-7,14H,8-11H2,1-3H3. The van der Waals surface area contributed by atoms with Crippen molar-refractivity contribution in [3.8, 4) is 5.75 Å². The molecule has 1 fully saturated rings. The van der Waals surface area contributed by atoms with Gasteiger partial charge in [-0.15, -0.1) is 0 Å². The zero-order valence-corrected chi connectivity index (χ0v) is 11.8. The Morgan fingerprint density at radius 1 is 1.26 bits per heavy atom. The van der Waals surface area contributed by atoms with Crippen molar-refractivity contribution in [2.45, 2.75) is 38.8 Å². The second-order valence-corrected chi connectivity index (χ2v) is 5.14. The van der Waals surface area contributed by atoms with Gasteiger partial charge in [0.2, 0.25) is 0 Å². The van der Waals surface area contributed by atoms with Gasteiger partial charge in [0.15, 0.2) is 5.79 Å². The molecular formula is C15H22O4. The minimum Gasteiger partial charge on any atom is -0.497 e. The van der Waals surface area contributed by atoms with Crippen LogP contribution in [0, 0.1) is 0 Å². The second kappa shape index (κ2) is 6.37. The van der Waals surface area contributed by atoms with Gasteiger partial charge in [-0.1, -0.05) is 12.1 Å². The van der Waals surface area contributed by atoms with Crippen LogP contribution in [0.3, 0.4) is 0 Å². The van der Waals surface area contributed by atoms with E-state index in [1.165, 1.54) is 0 Å². The molecule has 1 aliphatic heterocycles. The largest absolute Gasteiger partial charge is 0.497 e. The molecule has 4 heteroatoms. The molecule has 1 atom stereocenters. The van der Waals surface area contributed by atoms with Gasteiger partial charge in [-0.25, -0.2) is 0 Å². The van der Waals surface area contributed by atoms with Crippen LogP contribution in [0.5, 0.6) is 5.75 Å². The van der Waals surface area contributed by atoms with E-state index in [1.807, 2.05) is 38.1 Å². The van der Waals surface area contributed by atoms with Crippen molar-refractivity contribution in [3.05, 3.63) is 29.8 Å². The fourth-order valence-corrected chi connectivity index (χ4v) is 2.03. The van der Waals surface area contributed by atoms with Gasteiger partial charge in [0, 0.05) is 6.61 Å². The Kier molecular flexibility index (Phi) is 4.80. The summed E-state index contributed by atoms with van der Waals surface area (Å²) in [6.45, 7) is 5.81. The lowest BCUT2D eigenvalue weighted by molar-refractivity contribution is -0.140. The molecule has 0 bridgehead atoms. The topological polar surface area (TPSA) is 36.9 Å². The SMILES string of the molecule is COc1ccc(COCCC2COC(C)(C)O2)cc1. The maximum atomic E-state index is 5.71. The molecule has 1 aromatic rings. The number of hydrogen-bond donors (Lipinski definition) is 0. The van der Waals surface area contributed by atoms with Crippen molar-refractivity contribution >= 4 is 0 Å². The first-order valence-corrected chi connectivity index (χ1v) is 6.61. The number of rotatable bonds is 6. The average Bonchev–Trinajstić information content (AvgIpc) is 2.75. The summed E-state index contributed by atoms with van der Waals surface area (Å²) in [6.07, 6.45) is 1.01. The minimum absolute atomic E-state index is 0.144. The molecule has 1 aliphatic rings. The van der Waals surface area contributed by atoms with Crippen LogP contribution in [0.25, 0.3) is 0 Å². The predicted molar refractivity (Wildman–Crippen MR) is 72.2 cm³/mol. The van der Waals surface area contributed by atoms with Crippen molar-refractivity contribution < 1.29 is 18.9 Å². The van der Waals surface area contributed by atoms with Gasteiger partial charge in [-0.2, -0.15) is 0 Å². The molecule has 2 rings (SSSR count). The highest BCUT2D eigenvalue weighted by molar-refractivity contribution is 5.26. The lowest BCUT2D eigenvalue weighted by Gasteiger charge is -2.17. The van der Waals surface area contributed by atoms with Gasteiger partial charge < -0.3 is 18.9 Å². The van der Waals surface area contributed by atoms with E-state index in [1.54, 1.807) is 7.11 Å². The maximum Gasteiger partial charge on any atom is 0.163 e. The van der Waals surface area contributed by atoms with E-state index in [0.29, 0.717) is 19.8 Å². The molecule has 0 spiro atoms. The van der Waals surface area contributed by atoms with Gasteiger partial charge in [-0.05, 0) is 38.0 Å². The number of hydrogen-bond acceptors (Lipinski definition) is 4. The monoisotopic (exact) mass is 266 g/mol. The molecular weight excluding hydrogens is 244 g/mol. The van der Waals surface area contributed by atoms with E-state index in [2.05, 4.69) is 0 Å². The molecule has 0 radical (unpaired) electrons. The molecule has 1 saturated heterocycles. The summed E-state index contributed by atoms with van der Waals surface area (Å²) in [7, 11) is 1.66. The highest BCUT2D eigenvalue weighted by Gasteiger charge is 2.32. The zero-order chi connectivity index (χ0) is 13.7. The number of ether oxygens (including phenoxy) is 4. The van der Waals surface area contributed by atoms with Crippen molar-refractivity contribution in [1.29, 1.82) is 0 Å². The lowest BCUT2D eigenvalue weighted by Crippen LogP contribution is -2.22. The van der Waals surface area contributed by atoms with Gasteiger partial charge >= 0.3 is 0 Å². The van der Waals surface area contributed by atoms with E-state index in [4.69, 9.17) is 18.9 Å². The van der Waals surface area contributed by atoms with Crippen molar-refractivity contribution in [2.24, 2.45) is 0 Å². The molecule has 19 heavy (non-hydrogen) atoms. The highest BCUT2D eigenvalue weighted by atomic mass is 16.7. The van der Waals surface area contributed by atoms with Crippen LogP contribution in [0.2, 0.25) is 0 Å². The summed E-state index contributed by atoms with van der Waals surface area (Å²) in [5.74, 6) is 0.420. The summed E-state index contributed by atoms with van der Waals surface area (Å²) in [5.41, 5.74) is 1.14. The molecule has 0 aromatic heterocycles. The fourth-order valence-electron chi connectivity index (χ4n) is 2.03. The molecule has 0 amide bonds. The van der Waals surface area contributed by atoms with Crippen LogP contribution in [0.15, 0.2) is 24.3 Å². The molecule has 4 nitrogen and oxygen atoms in total. The van der Waals surface area contributed by atoms with E-state index in [-0.39, 0.29) is 6.10 Å². The van der Waals surface area contributed by atoms with Gasteiger partial charge in [0.1, 0.15) is 5.75 Å². The second-order valence-electron chi connectivity index (χ2n) is 5.14. The first kappa shape index (κ1) is 14.3. The summed E-state index contributed by atoms with van der Waals surface area (Å²) >= 11 is 0. The molecule has 1 heterocycles. The smallest absolute Gasteiger partial charge is 0.163 e. The zero-order valence-electron chi connectivity index (χ0n) is 11.8. The van der Waals surface area contributed by atoms with E-state index >= 15 is 0 Å². The third kappa shape index (κ3) is 4.49.